The maximum Gasteiger partial charge on any atom is 0.334 e. The highest BCUT2D eigenvalue weighted by atomic mass is 16.2. The molecule has 23 heavy (non-hydrogen) atoms. The Morgan fingerprint density at radius 2 is 2.26 bits per heavy atom. The van der Waals surface area contributed by atoms with Crippen molar-refractivity contribution >= 4 is 11.9 Å². The molecule has 4 heterocycles. The Hall–Kier alpha value is -2.31. The van der Waals surface area contributed by atoms with E-state index in [1.807, 2.05) is 6.20 Å². The number of imidazole rings is 1. The predicted octanol–water partition coefficient (Wildman–Crippen LogP) is 1.90. The van der Waals surface area contributed by atoms with Gasteiger partial charge in [-0.25, -0.2) is 9.78 Å². The second-order valence-electron chi connectivity index (χ2n) is 6.24. The van der Waals surface area contributed by atoms with Gasteiger partial charge in [-0.2, -0.15) is 0 Å². The van der Waals surface area contributed by atoms with Crippen LogP contribution in [0.5, 0.6) is 0 Å². The Kier molecular flexibility index (Phi) is 3.77. The molecule has 3 aliphatic heterocycles. The van der Waals surface area contributed by atoms with Gasteiger partial charge in [0.1, 0.15) is 6.33 Å². The molecule has 1 amide bonds. The molecule has 7 nitrogen and oxygen atoms in total. The van der Waals surface area contributed by atoms with Crippen LogP contribution in [0.2, 0.25) is 0 Å². The van der Waals surface area contributed by atoms with E-state index in [1.165, 1.54) is 25.1 Å². The van der Waals surface area contributed by atoms with E-state index >= 15 is 0 Å². The van der Waals surface area contributed by atoms with Gasteiger partial charge in [0.25, 0.3) is 0 Å². The lowest BCUT2D eigenvalue weighted by Crippen LogP contribution is -2.38. The van der Waals surface area contributed by atoms with E-state index in [2.05, 4.69) is 15.2 Å². The van der Waals surface area contributed by atoms with E-state index in [1.54, 1.807) is 28.2 Å². The van der Waals surface area contributed by atoms with Gasteiger partial charge in [-0.3, -0.25) is 14.5 Å². The lowest BCUT2D eigenvalue weighted by atomic mass is 10.1. The maximum atomic E-state index is 12.4. The number of aliphatic imine (C=N–C) groups is 1. The Balaban J connectivity index is 1.55. The third-order valence-electron chi connectivity index (χ3n) is 4.75. The molecule has 0 aliphatic carbocycles. The first-order valence-electron chi connectivity index (χ1n) is 8.38. The highest BCUT2D eigenvalue weighted by Crippen LogP contribution is 2.30. The third kappa shape index (κ3) is 2.71. The number of nitrogens with zero attached hydrogens (tertiary/aromatic N) is 5. The minimum atomic E-state index is -0.0782. The van der Waals surface area contributed by atoms with E-state index < -0.39 is 0 Å². The van der Waals surface area contributed by atoms with Crippen molar-refractivity contribution in [2.45, 2.75) is 38.1 Å². The van der Waals surface area contributed by atoms with Gasteiger partial charge in [-0.05, 0) is 19.3 Å². The standard InChI is InChI=1S/C16H22N6O/c23-16(20-9-7-17-11-20)21-10-13(19-12-21)14-5-6-18-15-4-2-1-3-8-22(14)15/h7,9-10,12,14,17H,1-6,8,11H2. The summed E-state index contributed by atoms with van der Waals surface area (Å²) < 4.78 is 1.58. The molecule has 1 unspecified atom stereocenters. The maximum absolute atomic E-state index is 12.4. The smallest absolute Gasteiger partial charge is 0.334 e. The number of nitrogens with one attached hydrogen (secondary N) is 1. The number of amidine groups is 1. The van der Waals surface area contributed by atoms with Crippen LogP contribution in [0.15, 0.2) is 29.9 Å². The molecule has 1 fully saturated rings. The molecule has 1 aromatic rings. The first kappa shape index (κ1) is 14.3. The average Bonchev–Trinajstić information content (AvgIpc) is 3.22. The minimum Gasteiger partial charge on any atom is -0.372 e. The molecule has 4 rings (SSSR count). The lowest BCUT2D eigenvalue weighted by Gasteiger charge is -2.35. The zero-order chi connectivity index (χ0) is 15.6. The molecule has 0 aromatic carbocycles. The summed E-state index contributed by atoms with van der Waals surface area (Å²) >= 11 is 0. The number of amides is 1. The third-order valence-corrected chi connectivity index (χ3v) is 4.75. The molecule has 122 valence electrons. The van der Waals surface area contributed by atoms with Crippen molar-refractivity contribution < 1.29 is 4.79 Å². The molecule has 1 aromatic heterocycles. The van der Waals surface area contributed by atoms with Gasteiger partial charge in [0.15, 0.2) is 0 Å². The van der Waals surface area contributed by atoms with Gasteiger partial charge in [-0.1, -0.05) is 6.42 Å². The van der Waals surface area contributed by atoms with Crippen LogP contribution in [-0.2, 0) is 0 Å². The van der Waals surface area contributed by atoms with Crippen molar-refractivity contribution in [3.63, 3.8) is 0 Å². The fraction of sp³-hybridized carbons (Fsp3) is 0.562. The van der Waals surface area contributed by atoms with Gasteiger partial charge >= 0.3 is 6.03 Å². The zero-order valence-corrected chi connectivity index (χ0v) is 13.2. The summed E-state index contributed by atoms with van der Waals surface area (Å²) in [4.78, 5) is 25.7. The van der Waals surface area contributed by atoms with Crippen LogP contribution in [0.4, 0.5) is 4.79 Å². The Morgan fingerprint density at radius 1 is 1.30 bits per heavy atom. The molecular formula is C16H22N6O. The first-order valence-corrected chi connectivity index (χ1v) is 8.38. The van der Waals surface area contributed by atoms with E-state index in [4.69, 9.17) is 4.99 Å². The van der Waals surface area contributed by atoms with Crippen molar-refractivity contribution in [2.75, 3.05) is 19.8 Å². The summed E-state index contributed by atoms with van der Waals surface area (Å²) in [6, 6.07) is 0.174. The molecule has 0 bridgehead atoms. The Morgan fingerprint density at radius 3 is 3.13 bits per heavy atom. The topological polar surface area (TPSA) is 65.8 Å². The van der Waals surface area contributed by atoms with Gasteiger partial charge in [0, 0.05) is 38.1 Å². The lowest BCUT2D eigenvalue weighted by molar-refractivity contribution is 0.218. The fourth-order valence-electron chi connectivity index (χ4n) is 3.54. The average molecular weight is 314 g/mol. The van der Waals surface area contributed by atoms with Crippen molar-refractivity contribution in [2.24, 2.45) is 4.99 Å². The summed E-state index contributed by atoms with van der Waals surface area (Å²) in [5, 5.41) is 3.00. The molecule has 1 saturated heterocycles. The van der Waals surface area contributed by atoms with E-state index in [-0.39, 0.29) is 12.1 Å². The molecular weight excluding hydrogens is 292 g/mol. The Labute approximate surface area is 135 Å². The largest absolute Gasteiger partial charge is 0.372 e. The van der Waals surface area contributed by atoms with Crippen molar-refractivity contribution in [3.8, 4) is 0 Å². The van der Waals surface area contributed by atoms with Gasteiger partial charge in [0.2, 0.25) is 0 Å². The van der Waals surface area contributed by atoms with Crippen LogP contribution in [0, 0.1) is 0 Å². The fourth-order valence-corrected chi connectivity index (χ4v) is 3.54. The minimum absolute atomic E-state index is 0.0782. The molecule has 0 radical (unpaired) electrons. The zero-order valence-electron chi connectivity index (χ0n) is 13.2. The Bertz CT molecular complexity index is 649. The quantitative estimate of drug-likeness (QED) is 0.860. The van der Waals surface area contributed by atoms with Crippen LogP contribution < -0.4 is 5.32 Å². The monoisotopic (exact) mass is 314 g/mol. The SMILES string of the molecule is O=C(N1C=CNC1)n1cnc(C2CCN=C3CCCCCN32)c1. The number of hydrogen-bond donors (Lipinski definition) is 1. The normalized spacial score (nSPS) is 24.0. The molecule has 1 atom stereocenters. The van der Waals surface area contributed by atoms with E-state index in [9.17, 15) is 4.79 Å². The number of hydrogen-bond acceptors (Lipinski definition) is 5. The van der Waals surface area contributed by atoms with Crippen molar-refractivity contribution in [1.29, 1.82) is 0 Å². The summed E-state index contributed by atoms with van der Waals surface area (Å²) in [7, 11) is 0. The predicted molar refractivity (Wildman–Crippen MR) is 86.8 cm³/mol. The molecule has 1 N–H and O–H groups in total. The molecule has 0 saturated carbocycles. The van der Waals surface area contributed by atoms with E-state index in [0.29, 0.717) is 6.67 Å². The number of carbonyl (C=O) groups is 1. The highest BCUT2D eigenvalue weighted by molar-refractivity contribution is 5.83. The summed E-state index contributed by atoms with van der Waals surface area (Å²) in [5.74, 6) is 1.23. The van der Waals surface area contributed by atoms with Crippen LogP contribution >= 0.6 is 0 Å². The van der Waals surface area contributed by atoms with Crippen molar-refractivity contribution in [3.05, 3.63) is 30.6 Å². The highest BCUT2D eigenvalue weighted by Gasteiger charge is 2.29. The van der Waals surface area contributed by atoms with Crippen LogP contribution in [0.3, 0.4) is 0 Å². The number of rotatable bonds is 1. The number of carbonyl (C=O) groups excluding carboxylic acids is 1. The first-order chi connectivity index (χ1) is 11.3. The van der Waals surface area contributed by atoms with E-state index in [0.717, 1.165) is 31.6 Å². The molecule has 7 heteroatoms. The van der Waals surface area contributed by atoms with Gasteiger partial charge < -0.3 is 10.2 Å². The van der Waals surface area contributed by atoms with Crippen LogP contribution in [0.25, 0.3) is 0 Å². The summed E-state index contributed by atoms with van der Waals surface area (Å²) in [5.41, 5.74) is 0.976. The number of aromatic nitrogens is 2. The number of fused-ring (bicyclic) bond motifs is 1. The van der Waals surface area contributed by atoms with Gasteiger partial charge in [-0.15, -0.1) is 0 Å². The summed E-state index contributed by atoms with van der Waals surface area (Å²) in [6.45, 7) is 2.41. The van der Waals surface area contributed by atoms with Crippen LogP contribution in [0.1, 0.15) is 43.8 Å². The van der Waals surface area contributed by atoms with Crippen molar-refractivity contribution in [1.82, 2.24) is 24.7 Å². The van der Waals surface area contributed by atoms with Crippen LogP contribution in [-0.4, -0.2) is 51.0 Å². The molecule has 0 spiro atoms. The second kappa shape index (κ2) is 6.06. The summed E-state index contributed by atoms with van der Waals surface area (Å²) in [6.07, 6.45) is 12.8. The van der Waals surface area contributed by atoms with Gasteiger partial charge in [0.05, 0.1) is 24.2 Å². The second-order valence-corrected chi connectivity index (χ2v) is 6.24. The molecule has 3 aliphatic rings.